The third kappa shape index (κ3) is 1.83. The van der Waals surface area contributed by atoms with Gasteiger partial charge in [0.25, 0.3) is 0 Å². The highest BCUT2D eigenvalue weighted by Crippen LogP contribution is 2.65. The van der Waals surface area contributed by atoms with Crippen LogP contribution in [0.2, 0.25) is 0 Å². The van der Waals surface area contributed by atoms with Gasteiger partial charge in [0.15, 0.2) is 0 Å². The van der Waals surface area contributed by atoms with E-state index in [-0.39, 0.29) is 11.3 Å². The van der Waals surface area contributed by atoms with Crippen molar-refractivity contribution in [1.29, 1.82) is 0 Å². The molecule has 4 unspecified atom stereocenters. The zero-order valence-corrected chi connectivity index (χ0v) is 13.5. The Labute approximate surface area is 128 Å². The lowest BCUT2D eigenvalue weighted by Crippen LogP contribution is -2.56. The summed E-state index contributed by atoms with van der Waals surface area (Å²) in [5.41, 5.74) is 0.632. The van der Waals surface area contributed by atoms with Gasteiger partial charge in [-0.2, -0.15) is 0 Å². The van der Waals surface area contributed by atoms with E-state index in [1.807, 2.05) is 0 Å². The molecule has 0 N–H and O–H groups in total. The zero-order chi connectivity index (χ0) is 14.8. The molecule has 0 spiro atoms. The second-order valence-electron chi connectivity index (χ2n) is 8.93. The number of rotatable bonds is 0. The number of Topliss-reactive ketones (excluding diaryl/α,β-unsaturated/α-hetero) is 2. The summed E-state index contributed by atoms with van der Waals surface area (Å²) in [5.74, 6) is 2.88. The quantitative estimate of drug-likeness (QED) is 0.670. The zero-order valence-electron chi connectivity index (χ0n) is 13.5. The first-order valence-electron chi connectivity index (χ1n) is 8.98. The van der Waals surface area contributed by atoms with Gasteiger partial charge in [-0.25, -0.2) is 0 Å². The standard InChI is InChI=1S/C19H28O2/c1-18-7-3-4-14(18)13-11-17(21)16-10-12(20)5-9-19(16,2)15(13)6-8-18/h13-16H,3-11H2,1-2H3/t13?,14?,15?,16?,18-,19+/m0/s1. The number of hydrogen-bond donors (Lipinski definition) is 0. The predicted molar refractivity (Wildman–Crippen MR) is 81.7 cm³/mol. The Morgan fingerprint density at radius 1 is 0.952 bits per heavy atom. The molecule has 0 aliphatic heterocycles. The monoisotopic (exact) mass is 288 g/mol. The summed E-state index contributed by atoms with van der Waals surface area (Å²) in [6.45, 7) is 4.82. The van der Waals surface area contributed by atoms with E-state index in [9.17, 15) is 9.59 Å². The van der Waals surface area contributed by atoms with Crippen LogP contribution in [-0.2, 0) is 9.59 Å². The molecule has 0 heterocycles. The Balaban J connectivity index is 1.70. The minimum atomic E-state index is 0.0470. The summed E-state index contributed by atoms with van der Waals surface area (Å²) in [5, 5.41) is 0. The van der Waals surface area contributed by atoms with Crippen molar-refractivity contribution in [3.8, 4) is 0 Å². The van der Waals surface area contributed by atoms with Crippen LogP contribution in [0.25, 0.3) is 0 Å². The third-order valence-corrected chi connectivity index (χ3v) is 8.06. The number of hydrogen-bond acceptors (Lipinski definition) is 2. The Hall–Kier alpha value is -0.660. The molecule has 21 heavy (non-hydrogen) atoms. The molecule has 0 aromatic rings. The van der Waals surface area contributed by atoms with Crippen molar-refractivity contribution in [2.24, 2.45) is 34.5 Å². The summed E-state index contributed by atoms with van der Waals surface area (Å²) in [7, 11) is 0. The van der Waals surface area contributed by atoms with Crippen molar-refractivity contribution >= 4 is 11.6 Å². The van der Waals surface area contributed by atoms with Gasteiger partial charge in [-0.05, 0) is 60.7 Å². The maximum Gasteiger partial charge on any atom is 0.137 e. The van der Waals surface area contributed by atoms with E-state index in [1.54, 1.807) is 0 Å². The van der Waals surface area contributed by atoms with Gasteiger partial charge < -0.3 is 0 Å². The van der Waals surface area contributed by atoms with Gasteiger partial charge >= 0.3 is 0 Å². The van der Waals surface area contributed by atoms with Gasteiger partial charge in [-0.1, -0.05) is 20.3 Å². The molecule has 116 valence electrons. The summed E-state index contributed by atoms with van der Waals surface area (Å²) >= 11 is 0. The van der Waals surface area contributed by atoms with Gasteiger partial charge in [-0.15, -0.1) is 0 Å². The molecule has 2 nitrogen and oxygen atoms in total. The molecule has 2 heteroatoms. The first-order chi connectivity index (χ1) is 9.94. The van der Waals surface area contributed by atoms with E-state index < -0.39 is 0 Å². The molecular formula is C19H28O2. The average molecular weight is 288 g/mol. The highest BCUT2D eigenvalue weighted by molar-refractivity contribution is 5.90. The molecule has 4 aliphatic rings. The van der Waals surface area contributed by atoms with Crippen molar-refractivity contribution in [1.82, 2.24) is 0 Å². The average Bonchev–Trinajstić information content (AvgIpc) is 2.83. The van der Waals surface area contributed by atoms with Crippen LogP contribution in [0.4, 0.5) is 0 Å². The van der Waals surface area contributed by atoms with Crippen LogP contribution in [-0.4, -0.2) is 11.6 Å². The topological polar surface area (TPSA) is 34.1 Å². The number of fused-ring (bicyclic) bond motifs is 5. The van der Waals surface area contributed by atoms with E-state index in [0.717, 1.165) is 18.8 Å². The number of carbonyl (C=O) groups is 2. The number of carbonyl (C=O) groups excluding carboxylic acids is 2. The lowest BCUT2D eigenvalue weighted by atomic mass is 9.45. The van der Waals surface area contributed by atoms with Crippen molar-refractivity contribution < 1.29 is 9.59 Å². The fourth-order valence-corrected chi connectivity index (χ4v) is 6.83. The van der Waals surface area contributed by atoms with Gasteiger partial charge in [0.2, 0.25) is 0 Å². The third-order valence-electron chi connectivity index (χ3n) is 8.06. The Morgan fingerprint density at radius 3 is 2.57 bits per heavy atom. The molecule has 4 aliphatic carbocycles. The maximum atomic E-state index is 12.8. The van der Waals surface area contributed by atoms with E-state index in [4.69, 9.17) is 0 Å². The molecule has 4 fully saturated rings. The van der Waals surface area contributed by atoms with E-state index in [1.165, 1.54) is 32.1 Å². The van der Waals surface area contributed by atoms with Gasteiger partial charge in [0.05, 0.1) is 0 Å². The molecule has 0 radical (unpaired) electrons. The molecule has 0 amide bonds. The van der Waals surface area contributed by atoms with Crippen LogP contribution in [0.3, 0.4) is 0 Å². The SMILES string of the molecule is C[C@@]12CCCC1C1CC(=O)C3CC(=O)CC[C@]3(C)C1CC2. The van der Waals surface area contributed by atoms with Crippen molar-refractivity contribution in [3.63, 3.8) is 0 Å². The molecule has 0 aromatic heterocycles. The number of ketones is 2. The highest BCUT2D eigenvalue weighted by Gasteiger charge is 2.60. The summed E-state index contributed by atoms with van der Waals surface area (Å²) < 4.78 is 0. The van der Waals surface area contributed by atoms with Gasteiger partial charge in [0.1, 0.15) is 11.6 Å². The minimum absolute atomic E-state index is 0.0470. The molecule has 0 bridgehead atoms. The predicted octanol–water partition coefficient (Wildman–Crippen LogP) is 4.17. The molecule has 4 saturated carbocycles. The maximum absolute atomic E-state index is 12.8. The highest BCUT2D eigenvalue weighted by atomic mass is 16.1. The largest absolute Gasteiger partial charge is 0.300 e. The summed E-state index contributed by atoms with van der Waals surface area (Å²) in [6, 6.07) is 0. The molecule has 6 atom stereocenters. The van der Waals surface area contributed by atoms with Crippen molar-refractivity contribution in [2.75, 3.05) is 0 Å². The second kappa shape index (κ2) is 4.43. The Bertz CT molecular complexity index is 496. The van der Waals surface area contributed by atoms with Crippen LogP contribution >= 0.6 is 0 Å². The normalized spacial score (nSPS) is 53.0. The van der Waals surface area contributed by atoms with Crippen molar-refractivity contribution in [2.45, 2.75) is 71.6 Å². The van der Waals surface area contributed by atoms with Crippen LogP contribution in [0.1, 0.15) is 71.6 Å². The Kier molecular flexibility index (Phi) is 2.94. The summed E-state index contributed by atoms with van der Waals surface area (Å²) in [6.07, 6.45) is 9.71. The smallest absolute Gasteiger partial charge is 0.137 e. The van der Waals surface area contributed by atoms with Crippen LogP contribution in [0.5, 0.6) is 0 Å². The summed E-state index contributed by atoms with van der Waals surface area (Å²) in [4.78, 5) is 24.6. The van der Waals surface area contributed by atoms with E-state index in [2.05, 4.69) is 13.8 Å². The lowest BCUT2D eigenvalue weighted by molar-refractivity contribution is -0.157. The molecule has 0 aromatic carbocycles. The minimum Gasteiger partial charge on any atom is -0.300 e. The van der Waals surface area contributed by atoms with E-state index >= 15 is 0 Å². The second-order valence-corrected chi connectivity index (χ2v) is 8.93. The Morgan fingerprint density at radius 2 is 1.76 bits per heavy atom. The fraction of sp³-hybridized carbons (Fsp3) is 0.895. The fourth-order valence-electron chi connectivity index (χ4n) is 6.83. The molecular weight excluding hydrogens is 260 g/mol. The van der Waals surface area contributed by atoms with Crippen LogP contribution in [0, 0.1) is 34.5 Å². The van der Waals surface area contributed by atoms with Gasteiger partial charge in [-0.3, -0.25) is 9.59 Å². The first kappa shape index (κ1) is 14.0. The lowest BCUT2D eigenvalue weighted by Gasteiger charge is -2.58. The van der Waals surface area contributed by atoms with Gasteiger partial charge in [0, 0.05) is 25.2 Å². The van der Waals surface area contributed by atoms with Crippen molar-refractivity contribution in [3.05, 3.63) is 0 Å². The molecule has 0 saturated heterocycles. The van der Waals surface area contributed by atoms with E-state index in [0.29, 0.717) is 41.7 Å². The van der Waals surface area contributed by atoms with Crippen LogP contribution < -0.4 is 0 Å². The van der Waals surface area contributed by atoms with Crippen LogP contribution in [0.15, 0.2) is 0 Å². The first-order valence-corrected chi connectivity index (χ1v) is 8.98. The molecule has 4 rings (SSSR count).